The van der Waals surface area contributed by atoms with Gasteiger partial charge in [0.25, 0.3) is 0 Å². The van der Waals surface area contributed by atoms with Crippen LogP contribution in [-0.4, -0.2) is 54.8 Å². The molecule has 1 fully saturated rings. The van der Waals surface area contributed by atoms with Crippen LogP contribution in [0, 0.1) is 0 Å². The average Bonchev–Trinajstić information content (AvgIpc) is 3.28. The Morgan fingerprint density at radius 3 is 2.78 bits per heavy atom. The number of aromatic nitrogens is 3. The second kappa shape index (κ2) is 5.66. The highest BCUT2D eigenvalue weighted by Gasteiger charge is 2.43. The Morgan fingerprint density at radius 2 is 2.09 bits per heavy atom. The number of hydrogen-bond acceptors (Lipinski definition) is 7. The Hall–Kier alpha value is -1.84. The maximum atomic E-state index is 10.2. The van der Waals surface area contributed by atoms with Crippen molar-refractivity contribution in [3.05, 3.63) is 35.4 Å². The minimum atomic E-state index is -1.14. The fraction of sp³-hybridized carbons (Fsp3) is 0.333. The standard InChI is InChI=1S/C15H15N3O4S/c19-5-10-12(20)13(21)15(22-10)18-3-1-9-11(8-2-4-23-6-8)16-7-17-14(9)18/h1-4,6-7,10,12-13,15,19-21H,5H2/t10-,12-,13-,15-/m1/s1. The van der Waals surface area contributed by atoms with Crippen molar-refractivity contribution in [2.75, 3.05) is 6.61 Å². The van der Waals surface area contributed by atoms with Gasteiger partial charge in [-0.05, 0) is 17.5 Å². The first-order valence-electron chi connectivity index (χ1n) is 7.17. The summed E-state index contributed by atoms with van der Waals surface area (Å²) >= 11 is 1.59. The molecular weight excluding hydrogens is 318 g/mol. The van der Waals surface area contributed by atoms with Crippen LogP contribution in [0.5, 0.6) is 0 Å². The second-order valence-electron chi connectivity index (χ2n) is 5.42. The summed E-state index contributed by atoms with van der Waals surface area (Å²) < 4.78 is 7.24. The average molecular weight is 333 g/mol. The third-order valence-electron chi connectivity index (χ3n) is 4.10. The molecule has 0 saturated carbocycles. The summed E-state index contributed by atoms with van der Waals surface area (Å²) in [5.74, 6) is 0. The molecule has 0 aliphatic carbocycles. The number of ether oxygens (including phenoxy) is 1. The molecule has 3 aromatic rings. The van der Waals surface area contributed by atoms with E-state index in [1.807, 2.05) is 22.9 Å². The number of rotatable bonds is 3. The topological polar surface area (TPSA) is 101 Å². The molecule has 0 unspecified atom stereocenters. The number of nitrogens with zero attached hydrogens (tertiary/aromatic N) is 3. The number of hydrogen-bond donors (Lipinski definition) is 3. The highest BCUT2D eigenvalue weighted by molar-refractivity contribution is 7.08. The van der Waals surface area contributed by atoms with Gasteiger partial charge in [0.2, 0.25) is 0 Å². The second-order valence-corrected chi connectivity index (χ2v) is 6.20. The van der Waals surface area contributed by atoms with Crippen molar-refractivity contribution < 1.29 is 20.1 Å². The first-order valence-corrected chi connectivity index (χ1v) is 8.11. The molecule has 1 aliphatic rings. The molecule has 3 N–H and O–H groups in total. The predicted molar refractivity (Wildman–Crippen MR) is 83.9 cm³/mol. The van der Waals surface area contributed by atoms with Gasteiger partial charge in [0, 0.05) is 22.5 Å². The van der Waals surface area contributed by atoms with Crippen LogP contribution in [0.3, 0.4) is 0 Å². The maximum Gasteiger partial charge on any atom is 0.164 e. The first kappa shape index (κ1) is 14.7. The largest absolute Gasteiger partial charge is 0.394 e. The zero-order valence-electron chi connectivity index (χ0n) is 12.0. The van der Waals surface area contributed by atoms with Crippen molar-refractivity contribution >= 4 is 22.4 Å². The highest BCUT2D eigenvalue weighted by Crippen LogP contribution is 2.34. The van der Waals surface area contributed by atoms with Gasteiger partial charge in [-0.1, -0.05) is 0 Å². The molecule has 0 spiro atoms. The van der Waals surface area contributed by atoms with Crippen molar-refractivity contribution in [1.29, 1.82) is 0 Å². The van der Waals surface area contributed by atoms with E-state index in [-0.39, 0.29) is 6.61 Å². The van der Waals surface area contributed by atoms with Crippen molar-refractivity contribution in [2.45, 2.75) is 24.5 Å². The van der Waals surface area contributed by atoms with E-state index < -0.39 is 24.5 Å². The van der Waals surface area contributed by atoms with E-state index in [9.17, 15) is 15.3 Å². The van der Waals surface area contributed by atoms with Gasteiger partial charge in [-0.3, -0.25) is 0 Å². The summed E-state index contributed by atoms with van der Waals surface area (Å²) in [6.45, 7) is -0.358. The molecule has 3 aromatic heterocycles. The lowest BCUT2D eigenvalue weighted by atomic mass is 10.1. The van der Waals surface area contributed by atoms with Crippen molar-refractivity contribution in [2.24, 2.45) is 0 Å². The fourth-order valence-electron chi connectivity index (χ4n) is 2.92. The third kappa shape index (κ3) is 2.27. The van der Waals surface area contributed by atoms with E-state index in [1.165, 1.54) is 6.33 Å². The highest BCUT2D eigenvalue weighted by atomic mass is 32.1. The molecule has 120 valence electrons. The summed E-state index contributed by atoms with van der Waals surface area (Å²) in [6, 6.07) is 3.84. The van der Waals surface area contributed by atoms with Gasteiger partial charge < -0.3 is 24.6 Å². The molecule has 1 saturated heterocycles. The van der Waals surface area contributed by atoms with Crippen LogP contribution < -0.4 is 0 Å². The van der Waals surface area contributed by atoms with Crippen LogP contribution >= 0.6 is 11.3 Å². The van der Waals surface area contributed by atoms with Gasteiger partial charge in [-0.25, -0.2) is 9.97 Å². The zero-order valence-corrected chi connectivity index (χ0v) is 12.8. The molecule has 0 aromatic carbocycles. The zero-order chi connectivity index (χ0) is 16.0. The summed E-state index contributed by atoms with van der Waals surface area (Å²) in [6.07, 6.45) is -0.679. The molecular formula is C15H15N3O4S. The number of fused-ring (bicyclic) bond motifs is 1. The normalized spacial score (nSPS) is 27.8. The van der Waals surface area contributed by atoms with E-state index in [1.54, 1.807) is 22.1 Å². The number of aliphatic hydroxyl groups is 3. The number of aliphatic hydroxyl groups excluding tert-OH is 3. The molecule has 23 heavy (non-hydrogen) atoms. The lowest BCUT2D eigenvalue weighted by Gasteiger charge is -2.17. The van der Waals surface area contributed by atoms with Crippen LogP contribution in [0.2, 0.25) is 0 Å². The minimum absolute atomic E-state index is 0.358. The van der Waals surface area contributed by atoms with Gasteiger partial charge in [-0.15, -0.1) is 0 Å². The Labute approximate surface area is 135 Å². The van der Waals surface area contributed by atoms with Gasteiger partial charge in [0.1, 0.15) is 30.3 Å². The van der Waals surface area contributed by atoms with Gasteiger partial charge in [0.05, 0.1) is 12.3 Å². The summed E-state index contributed by atoms with van der Waals surface area (Å²) in [7, 11) is 0. The van der Waals surface area contributed by atoms with Crippen LogP contribution in [-0.2, 0) is 4.74 Å². The van der Waals surface area contributed by atoms with Gasteiger partial charge >= 0.3 is 0 Å². The quantitative estimate of drug-likeness (QED) is 0.655. The molecule has 8 heteroatoms. The van der Waals surface area contributed by atoms with Crippen molar-refractivity contribution in [3.63, 3.8) is 0 Å². The Morgan fingerprint density at radius 1 is 1.22 bits per heavy atom. The maximum absolute atomic E-state index is 10.2. The van der Waals surface area contributed by atoms with E-state index in [0.717, 1.165) is 16.6 Å². The van der Waals surface area contributed by atoms with Crippen molar-refractivity contribution in [3.8, 4) is 11.3 Å². The van der Waals surface area contributed by atoms with Crippen LogP contribution in [0.4, 0.5) is 0 Å². The lowest BCUT2D eigenvalue weighted by molar-refractivity contribution is -0.0508. The van der Waals surface area contributed by atoms with Gasteiger partial charge in [-0.2, -0.15) is 11.3 Å². The van der Waals surface area contributed by atoms with Crippen LogP contribution in [0.25, 0.3) is 22.3 Å². The van der Waals surface area contributed by atoms with Gasteiger partial charge in [0.15, 0.2) is 6.23 Å². The van der Waals surface area contributed by atoms with E-state index in [2.05, 4.69) is 9.97 Å². The fourth-order valence-corrected chi connectivity index (χ4v) is 3.56. The molecule has 1 aliphatic heterocycles. The summed E-state index contributed by atoms with van der Waals surface area (Å²) in [5, 5.41) is 34.2. The minimum Gasteiger partial charge on any atom is -0.394 e. The monoisotopic (exact) mass is 333 g/mol. The lowest BCUT2D eigenvalue weighted by Crippen LogP contribution is -2.33. The smallest absolute Gasteiger partial charge is 0.164 e. The van der Waals surface area contributed by atoms with Crippen molar-refractivity contribution in [1.82, 2.24) is 14.5 Å². The Bertz CT molecular complexity index is 819. The van der Waals surface area contributed by atoms with Crippen LogP contribution in [0.15, 0.2) is 35.4 Å². The molecule has 7 nitrogen and oxygen atoms in total. The molecule has 0 radical (unpaired) electrons. The molecule has 0 amide bonds. The molecule has 0 bridgehead atoms. The Balaban J connectivity index is 1.80. The van der Waals surface area contributed by atoms with E-state index in [0.29, 0.717) is 5.65 Å². The predicted octanol–water partition coefficient (Wildman–Crippen LogP) is 0.771. The van der Waals surface area contributed by atoms with E-state index in [4.69, 9.17) is 4.74 Å². The summed E-state index contributed by atoms with van der Waals surface area (Å²) in [4.78, 5) is 8.63. The Kier molecular flexibility index (Phi) is 3.63. The SMILES string of the molecule is OC[C@H]1O[C@@H](n2ccc3c(-c4ccsc4)ncnc32)[C@H](O)[C@@H]1O. The van der Waals surface area contributed by atoms with E-state index >= 15 is 0 Å². The first-order chi connectivity index (χ1) is 11.2. The summed E-state index contributed by atoms with van der Waals surface area (Å²) in [5.41, 5.74) is 2.42. The van der Waals surface area contributed by atoms with Crippen LogP contribution in [0.1, 0.15) is 6.23 Å². The molecule has 4 rings (SSSR count). The molecule has 4 atom stereocenters. The molecule has 4 heterocycles. The third-order valence-corrected chi connectivity index (χ3v) is 4.78. The number of thiophene rings is 1.